The van der Waals surface area contributed by atoms with Gasteiger partial charge in [0.1, 0.15) is 73.2 Å². The first-order chi connectivity index (χ1) is 30.0. The molecule has 5 saturated heterocycles. The summed E-state index contributed by atoms with van der Waals surface area (Å²) in [6, 6.07) is 0. The normalized spacial score (nSPS) is 58.2. The van der Waals surface area contributed by atoms with Gasteiger partial charge in [0.25, 0.3) is 0 Å². The lowest BCUT2D eigenvalue weighted by atomic mass is 9.44. The van der Waals surface area contributed by atoms with Crippen LogP contribution >= 0.6 is 0 Å². The number of hydrogen-bond donors (Lipinski definition) is 10. The molecule has 0 amide bonds. The van der Waals surface area contributed by atoms with Crippen molar-refractivity contribution in [1.29, 1.82) is 0 Å². The molecule has 1 spiro atoms. The predicted octanol–water partition coefficient (Wildman–Crippen LogP) is -0.734. The van der Waals surface area contributed by atoms with Crippen molar-refractivity contribution in [2.75, 3.05) is 26.4 Å². The van der Waals surface area contributed by atoms with Crippen LogP contribution in [0.2, 0.25) is 0 Å². The van der Waals surface area contributed by atoms with Crippen molar-refractivity contribution in [2.45, 2.75) is 202 Å². The Morgan fingerprint density at radius 2 is 1.16 bits per heavy atom. The smallest absolute Gasteiger partial charge is 0.187 e. The standard InChI is InChI=1S/C45H74O18/c1-19-7-12-45(56-18-19)20(2)30-26(63-45)14-25-23-6-5-21-13-22(8-10-43(21,3)24(23)9-11-44(25,30)4)57-40-37(55)35(53)38(29(17-48)60-40)61-42-39(34(52)32(50)28(16-47)59-42)62-41-36(54)33(51)31(49)27(15-46)58-41/h19-42,46-55H,5-18H2,1-4H3/t19-,20?,21-,22+,23?,24?,25?,26?,27+,28+,29+,30?,31+,32+,33-,34-,35+,36+,37+,38-,39+,40+,41-,42+,43?,44?,45?/m0/s1. The first-order valence-corrected chi connectivity index (χ1v) is 23.8. The third-order valence-electron chi connectivity index (χ3n) is 18.3. The van der Waals surface area contributed by atoms with E-state index in [-0.39, 0.29) is 23.0 Å². The number of ether oxygens (including phenoxy) is 8. The van der Waals surface area contributed by atoms with Crippen molar-refractivity contribution in [3.63, 3.8) is 0 Å². The number of aliphatic hydroxyl groups is 10. The highest BCUT2D eigenvalue weighted by atomic mass is 16.8. The van der Waals surface area contributed by atoms with Gasteiger partial charge in [-0.1, -0.05) is 27.7 Å². The molecule has 4 aliphatic carbocycles. The molecule has 10 N–H and O–H groups in total. The summed E-state index contributed by atoms with van der Waals surface area (Å²) in [6.45, 7) is 8.23. The average molecular weight is 903 g/mol. The maximum absolute atomic E-state index is 11.5. The first kappa shape index (κ1) is 47.4. The van der Waals surface area contributed by atoms with Crippen LogP contribution in [0.1, 0.15) is 91.9 Å². The van der Waals surface area contributed by atoms with Gasteiger partial charge in [0, 0.05) is 12.3 Å². The molecule has 0 radical (unpaired) electrons. The number of hydrogen-bond acceptors (Lipinski definition) is 18. The summed E-state index contributed by atoms with van der Waals surface area (Å²) in [6.07, 6.45) is -14.2. The molecule has 4 saturated carbocycles. The lowest BCUT2D eigenvalue weighted by Crippen LogP contribution is -2.67. The van der Waals surface area contributed by atoms with Gasteiger partial charge < -0.3 is 89.0 Å². The van der Waals surface area contributed by atoms with Crippen LogP contribution in [-0.2, 0) is 37.9 Å². The first-order valence-electron chi connectivity index (χ1n) is 23.8. The molecule has 0 aromatic carbocycles. The quantitative estimate of drug-likeness (QED) is 0.128. The van der Waals surface area contributed by atoms with E-state index in [1.54, 1.807) is 0 Å². The van der Waals surface area contributed by atoms with E-state index in [1.807, 2.05) is 0 Å². The molecular weight excluding hydrogens is 828 g/mol. The van der Waals surface area contributed by atoms with Gasteiger partial charge in [0.05, 0.1) is 38.6 Å². The molecule has 9 aliphatic rings. The SMILES string of the molecule is CC1C2C(CC3C4CC[C@H]5C[C@H](O[C@@H]6O[C@H](CO)[C@H](O[C@H]7O[C@H](CO)[C@@H](O)[C@H](O)[C@H]7O[C@@H]7O[C@H](CO)[C@@H](O)[C@H](O)[C@H]7O)[C@H](O)[C@H]6O)CCC5(C)C4CCC32C)OC12CC[C@H](C)CO2. The predicted molar refractivity (Wildman–Crippen MR) is 216 cm³/mol. The van der Waals surface area contributed by atoms with Gasteiger partial charge in [-0.3, -0.25) is 0 Å². The highest BCUT2D eigenvalue weighted by Crippen LogP contribution is 2.71. The van der Waals surface area contributed by atoms with E-state index in [1.165, 1.54) is 12.8 Å². The van der Waals surface area contributed by atoms with Crippen LogP contribution in [0.3, 0.4) is 0 Å². The fourth-order valence-corrected chi connectivity index (χ4v) is 14.7. The third kappa shape index (κ3) is 7.88. The molecular formula is C45H74O18. The molecule has 9 unspecified atom stereocenters. The third-order valence-corrected chi connectivity index (χ3v) is 18.3. The molecule has 362 valence electrons. The molecule has 18 heteroatoms. The fourth-order valence-electron chi connectivity index (χ4n) is 14.7. The van der Waals surface area contributed by atoms with Crippen LogP contribution in [-0.4, -0.2) is 188 Å². The van der Waals surface area contributed by atoms with Crippen molar-refractivity contribution in [3.8, 4) is 0 Å². The van der Waals surface area contributed by atoms with Gasteiger partial charge in [-0.05, 0) is 104 Å². The largest absolute Gasteiger partial charge is 0.394 e. The molecule has 0 aromatic rings. The van der Waals surface area contributed by atoms with Crippen molar-refractivity contribution in [1.82, 2.24) is 0 Å². The van der Waals surface area contributed by atoms with Crippen molar-refractivity contribution < 1.29 is 89.0 Å². The zero-order valence-electron chi connectivity index (χ0n) is 37.0. The highest BCUT2D eigenvalue weighted by molar-refractivity contribution is 5.15. The molecule has 27 atom stereocenters. The molecule has 63 heavy (non-hydrogen) atoms. The van der Waals surface area contributed by atoms with E-state index >= 15 is 0 Å². The Balaban J connectivity index is 0.833. The molecule has 9 fully saturated rings. The summed E-state index contributed by atoms with van der Waals surface area (Å²) in [5.74, 6) is 3.29. The minimum atomic E-state index is -1.89. The van der Waals surface area contributed by atoms with Gasteiger partial charge in [0.2, 0.25) is 0 Å². The minimum absolute atomic E-state index is 0.134. The Morgan fingerprint density at radius 3 is 1.84 bits per heavy atom. The van der Waals surface area contributed by atoms with E-state index in [0.717, 1.165) is 58.0 Å². The Bertz CT molecular complexity index is 1570. The number of rotatable bonds is 9. The monoisotopic (exact) mass is 902 g/mol. The van der Waals surface area contributed by atoms with Crippen molar-refractivity contribution >= 4 is 0 Å². The summed E-state index contributed by atoms with van der Waals surface area (Å²) >= 11 is 0. The zero-order chi connectivity index (χ0) is 44.9. The summed E-state index contributed by atoms with van der Waals surface area (Å²) < 4.78 is 49.0. The van der Waals surface area contributed by atoms with Crippen LogP contribution in [0.15, 0.2) is 0 Å². The van der Waals surface area contributed by atoms with Gasteiger partial charge in [-0.2, -0.15) is 0 Å². The second-order valence-corrected chi connectivity index (χ2v) is 21.5. The molecule has 5 heterocycles. The maximum Gasteiger partial charge on any atom is 0.187 e. The average Bonchev–Trinajstić information content (AvgIpc) is 3.72. The fraction of sp³-hybridized carbons (Fsp3) is 1.00. The molecule has 5 aliphatic heterocycles. The van der Waals surface area contributed by atoms with E-state index < -0.39 is 118 Å². The van der Waals surface area contributed by atoms with Crippen molar-refractivity contribution in [3.05, 3.63) is 0 Å². The van der Waals surface area contributed by atoms with E-state index in [4.69, 9.17) is 37.9 Å². The summed E-state index contributed by atoms with van der Waals surface area (Å²) in [5, 5.41) is 106. The second-order valence-electron chi connectivity index (χ2n) is 21.5. The maximum atomic E-state index is 11.5. The number of aliphatic hydroxyl groups excluding tert-OH is 10. The van der Waals surface area contributed by atoms with Gasteiger partial charge in [0.15, 0.2) is 24.7 Å². The van der Waals surface area contributed by atoms with Crippen LogP contribution in [0.25, 0.3) is 0 Å². The van der Waals surface area contributed by atoms with Crippen LogP contribution in [0.5, 0.6) is 0 Å². The van der Waals surface area contributed by atoms with Crippen LogP contribution in [0.4, 0.5) is 0 Å². The van der Waals surface area contributed by atoms with Gasteiger partial charge >= 0.3 is 0 Å². The van der Waals surface area contributed by atoms with Gasteiger partial charge in [-0.15, -0.1) is 0 Å². The summed E-state index contributed by atoms with van der Waals surface area (Å²) in [4.78, 5) is 0. The topological polar surface area (TPSA) is 276 Å². The van der Waals surface area contributed by atoms with Gasteiger partial charge in [-0.25, -0.2) is 0 Å². The Labute approximate surface area is 369 Å². The lowest BCUT2D eigenvalue weighted by Gasteiger charge is -2.61. The molecule has 9 rings (SSSR count). The summed E-state index contributed by atoms with van der Waals surface area (Å²) in [7, 11) is 0. The molecule has 0 bridgehead atoms. The van der Waals surface area contributed by atoms with Crippen LogP contribution in [0, 0.1) is 52.3 Å². The summed E-state index contributed by atoms with van der Waals surface area (Å²) in [5.41, 5.74) is 0.364. The number of fused-ring (bicyclic) bond motifs is 7. The van der Waals surface area contributed by atoms with E-state index in [0.29, 0.717) is 41.4 Å². The van der Waals surface area contributed by atoms with Crippen LogP contribution < -0.4 is 0 Å². The Morgan fingerprint density at radius 1 is 0.556 bits per heavy atom. The minimum Gasteiger partial charge on any atom is -0.394 e. The van der Waals surface area contributed by atoms with E-state index in [9.17, 15) is 51.1 Å². The zero-order valence-corrected chi connectivity index (χ0v) is 37.0. The Hall–Kier alpha value is -0.720. The molecule has 18 nitrogen and oxygen atoms in total. The Kier molecular flexibility index (Phi) is 13.5. The van der Waals surface area contributed by atoms with Crippen molar-refractivity contribution in [2.24, 2.45) is 52.3 Å². The van der Waals surface area contributed by atoms with E-state index in [2.05, 4.69) is 27.7 Å². The highest BCUT2D eigenvalue weighted by Gasteiger charge is 2.69. The lowest BCUT2D eigenvalue weighted by molar-refractivity contribution is -0.390. The molecule has 0 aromatic heterocycles. The second kappa shape index (κ2) is 18.0.